The van der Waals surface area contributed by atoms with E-state index in [1.165, 1.54) is 0 Å². The van der Waals surface area contributed by atoms with Gasteiger partial charge in [-0.1, -0.05) is 0 Å². The molecule has 0 aromatic rings. The average molecular weight is 244 g/mol. The fraction of sp³-hybridized carbons (Fsp3) is 0.800. The number of likely N-dealkylation sites (N-methyl/N-ethyl adjacent to an activating group) is 1. The number of nitrogens with zero attached hydrogens (tertiary/aromatic N) is 1. The molecule has 0 aliphatic rings. The molecule has 0 radical (unpaired) electrons. The second-order valence-corrected chi connectivity index (χ2v) is 4.18. The van der Waals surface area contributed by atoms with Gasteiger partial charge in [-0.3, -0.25) is 10.2 Å². The summed E-state index contributed by atoms with van der Waals surface area (Å²) in [5.41, 5.74) is 10.8. The number of nitrogens with one attached hydrogen (secondary N) is 3. The summed E-state index contributed by atoms with van der Waals surface area (Å²) in [6.45, 7) is 1.96. The van der Waals surface area contributed by atoms with Crippen molar-refractivity contribution in [1.29, 1.82) is 5.41 Å². The van der Waals surface area contributed by atoms with Gasteiger partial charge in [0.25, 0.3) is 0 Å². The first kappa shape index (κ1) is 15.7. The number of guanidine groups is 1. The lowest BCUT2D eigenvalue weighted by molar-refractivity contribution is -0.122. The van der Waals surface area contributed by atoms with Crippen molar-refractivity contribution in [3.05, 3.63) is 0 Å². The predicted molar refractivity (Wildman–Crippen MR) is 68.7 cm³/mol. The van der Waals surface area contributed by atoms with E-state index in [1.807, 2.05) is 19.0 Å². The molecule has 0 aromatic heterocycles. The molecule has 7 N–H and O–H groups in total. The fourth-order valence-corrected chi connectivity index (χ4v) is 1.21. The number of carbonyl (C=O) groups excluding carboxylic acids is 1. The summed E-state index contributed by atoms with van der Waals surface area (Å²) in [5, 5.41) is 12.4. The molecule has 0 saturated carbocycles. The van der Waals surface area contributed by atoms with Crippen molar-refractivity contribution in [2.75, 3.05) is 33.7 Å². The third kappa shape index (κ3) is 9.58. The Morgan fingerprint density at radius 1 is 1.35 bits per heavy atom. The number of amides is 1. The van der Waals surface area contributed by atoms with Crippen LogP contribution in [0.15, 0.2) is 0 Å². The molecule has 1 atom stereocenters. The van der Waals surface area contributed by atoms with Crippen LogP contribution < -0.4 is 22.1 Å². The zero-order valence-corrected chi connectivity index (χ0v) is 10.6. The lowest BCUT2D eigenvalue weighted by Gasteiger charge is -2.14. The predicted octanol–water partition coefficient (Wildman–Crippen LogP) is -1.75. The van der Waals surface area contributed by atoms with E-state index in [0.717, 1.165) is 6.54 Å². The molecule has 100 valence electrons. The van der Waals surface area contributed by atoms with Crippen molar-refractivity contribution in [2.45, 2.75) is 18.9 Å². The van der Waals surface area contributed by atoms with Crippen LogP contribution in [0.4, 0.5) is 0 Å². The van der Waals surface area contributed by atoms with E-state index in [2.05, 4.69) is 10.6 Å². The molecule has 7 heteroatoms. The van der Waals surface area contributed by atoms with Crippen molar-refractivity contribution >= 4 is 11.9 Å². The average Bonchev–Trinajstić information content (AvgIpc) is 2.23. The van der Waals surface area contributed by atoms with Crippen LogP contribution in [0, 0.1) is 5.41 Å². The number of rotatable bonds is 8. The van der Waals surface area contributed by atoms with Gasteiger partial charge >= 0.3 is 0 Å². The molecule has 17 heavy (non-hydrogen) atoms. The highest BCUT2D eigenvalue weighted by molar-refractivity contribution is 5.81. The topological polar surface area (TPSA) is 120 Å². The zero-order valence-electron chi connectivity index (χ0n) is 10.6. The van der Waals surface area contributed by atoms with Crippen LogP contribution in [0.1, 0.15) is 12.8 Å². The van der Waals surface area contributed by atoms with E-state index >= 15 is 0 Å². The van der Waals surface area contributed by atoms with Crippen molar-refractivity contribution in [2.24, 2.45) is 11.5 Å². The molecule has 1 amide bonds. The lowest BCUT2D eigenvalue weighted by atomic mass is 10.1. The first-order chi connectivity index (χ1) is 7.93. The third-order valence-electron chi connectivity index (χ3n) is 2.20. The lowest BCUT2D eigenvalue weighted by Crippen LogP contribution is -2.43. The van der Waals surface area contributed by atoms with Crippen LogP contribution in [-0.4, -0.2) is 56.5 Å². The number of carbonyl (C=O) groups is 1. The summed E-state index contributed by atoms with van der Waals surface area (Å²) < 4.78 is 0. The monoisotopic (exact) mass is 244 g/mol. The molecule has 0 aliphatic heterocycles. The van der Waals surface area contributed by atoms with Crippen molar-refractivity contribution in [3.63, 3.8) is 0 Å². The summed E-state index contributed by atoms with van der Waals surface area (Å²) in [6.07, 6.45) is 1.29. The van der Waals surface area contributed by atoms with E-state index in [4.69, 9.17) is 16.9 Å². The highest BCUT2D eigenvalue weighted by Gasteiger charge is 2.11. The molecule has 0 fully saturated rings. The van der Waals surface area contributed by atoms with Crippen molar-refractivity contribution in [1.82, 2.24) is 15.5 Å². The first-order valence-electron chi connectivity index (χ1n) is 5.69. The van der Waals surface area contributed by atoms with Gasteiger partial charge in [-0.25, -0.2) is 0 Å². The van der Waals surface area contributed by atoms with Crippen LogP contribution in [0.3, 0.4) is 0 Å². The molecule has 0 saturated heterocycles. The van der Waals surface area contributed by atoms with Gasteiger partial charge in [0.1, 0.15) is 0 Å². The maximum absolute atomic E-state index is 11.5. The van der Waals surface area contributed by atoms with Gasteiger partial charge in [0, 0.05) is 19.6 Å². The standard InChI is InChI=1S/C10H24N6O/c1-16(2)7-6-14-9(17)8(11)4-3-5-15-10(12)13/h8H,3-7,11H2,1-2H3,(H,14,17)(H4,12,13,15)/t8-/m0/s1. The Bertz CT molecular complexity index is 243. The molecule has 0 spiro atoms. The van der Waals surface area contributed by atoms with Crippen LogP contribution in [-0.2, 0) is 4.79 Å². The molecule has 0 unspecified atom stereocenters. The van der Waals surface area contributed by atoms with Crippen LogP contribution in [0.2, 0.25) is 0 Å². The minimum atomic E-state index is -0.495. The summed E-state index contributed by atoms with van der Waals surface area (Å²) in [6, 6.07) is -0.495. The molecule has 0 aliphatic carbocycles. The molecular weight excluding hydrogens is 220 g/mol. The quantitative estimate of drug-likeness (QED) is 0.197. The van der Waals surface area contributed by atoms with E-state index in [0.29, 0.717) is 25.9 Å². The fourth-order valence-electron chi connectivity index (χ4n) is 1.21. The van der Waals surface area contributed by atoms with E-state index < -0.39 is 6.04 Å². The minimum absolute atomic E-state index is 0.0611. The Morgan fingerprint density at radius 2 is 2.00 bits per heavy atom. The van der Waals surface area contributed by atoms with Gasteiger partial charge in [-0.2, -0.15) is 0 Å². The molecular formula is C10H24N6O. The second kappa shape index (κ2) is 8.77. The maximum Gasteiger partial charge on any atom is 0.236 e. The Balaban J connectivity index is 3.57. The zero-order chi connectivity index (χ0) is 13.3. The largest absolute Gasteiger partial charge is 0.370 e. The van der Waals surface area contributed by atoms with Crippen LogP contribution in [0.25, 0.3) is 0 Å². The van der Waals surface area contributed by atoms with Crippen molar-refractivity contribution < 1.29 is 4.79 Å². The Labute approximate surface area is 102 Å². The summed E-state index contributed by atoms with van der Waals surface area (Å²) in [7, 11) is 3.89. The summed E-state index contributed by atoms with van der Waals surface area (Å²) in [5.74, 6) is -0.191. The Hall–Kier alpha value is -1.34. The normalized spacial score (nSPS) is 12.2. The Kier molecular flexibility index (Phi) is 8.08. The number of hydrogen-bond donors (Lipinski definition) is 5. The summed E-state index contributed by atoms with van der Waals surface area (Å²) in [4.78, 5) is 13.5. The SMILES string of the molecule is CN(C)CCNC(=O)[C@@H](N)CCCNC(=N)N. The van der Waals surface area contributed by atoms with Gasteiger partial charge in [0.15, 0.2) is 5.96 Å². The van der Waals surface area contributed by atoms with Gasteiger partial charge in [-0.15, -0.1) is 0 Å². The van der Waals surface area contributed by atoms with E-state index in [-0.39, 0.29) is 11.9 Å². The van der Waals surface area contributed by atoms with Crippen LogP contribution >= 0.6 is 0 Å². The third-order valence-corrected chi connectivity index (χ3v) is 2.20. The molecule has 0 bridgehead atoms. The van der Waals surface area contributed by atoms with E-state index in [9.17, 15) is 4.79 Å². The van der Waals surface area contributed by atoms with Crippen LogP contribution in [0.5, 0.6) is 0 Å². The smallest absolute Gasteiger partial charge is 0.236 e. The molecule has 7 nitrogen and oxygen atoms in total. The highest BCUT2D eigenvalue weighted by Crippen LogP contribution is 1.93. The maximum atomic E-state index is 11.5. The highest BCUT2D eigenvalue weighted by atomic mass is 16.2. The molecule has 0 aromatic carbocycles. The Morgan fingerprint density at radius 3 is 2.53 bits per heavy atom. The van der Waals surface area contributed by atoms with Gasteiger partial charge in [0.05, 0.1) is 6.04 Å². The first-order valence-corrected chi connectivity index (χ1v) is 5.69. The molecule has 0 rings (SSSR count). The van der Waals surface area contributed by atoms with Gasteiger partial charge in [-0.05, 0) is 26.9 Å². The second-order valence-electron chi connectivity index (χ2n) is 4.18. The summed E-state index contributed by atoms with van der Waals surface area (Å²) >= 11 is 0. The minimum Gasteiger partial charge on any atom is -0.370 e. The van der Waals surface area contributed by atoms with Crippen molar-refractivity contribution in [3.8, 4) is 0 Å². The van der Waals surface area contributed by atoms with E-state index in [1.54, 1.807) is 0 Å². The number of nitrogens with two attached hydrogens (primary N) is 2. The number of hydrogen-bond acceptors (Lipinski definition) is 4. The van der Waals surface area contributed by atoms with Gasteiger partial charge in [0.2, 0.25) is 5.91 Å². The van der Waals surface area contributed by atoms with Gasteiger partial charge < -0.3 is 27.0 Å². The molecule has 0 heterocycles.